The summed E-state index contributed by atoms with van der Waals surface area (Å²) in [6, 6.07) is 24.8. The molecule has 0 fully saturated rings. The first-order valence-corrected chi connectivity index (χ1v) is 8.41. The molecule has 0 aromatic heterocycles. The molecule has 0 aliphatic rings. The summed E-state index contributed by atoms with van der Waals surface area (Å²) in [7, 11) is 0. The molecule has 0 radical (unpaired) electrons. The molecule has 0 saturated heterocycles. The van der Waals surface area contributed by atoms with Gasteiger partial charge in [-0.05, 0) is 54.2 Å². The Balaban J connectivity index is 2.06. The second kappa shape index (κ2) is 6.62. The highest BCUT2D eigenvalue weighted by Gasteiger charge is 2.27. The second-order valence-electron chi connectivity index (χ2n) is 6.74. The van der Waals surface area contributed by atoms with Crippen LogP contribution in [0.3, 0.4) is 0 Å². The van der Waals surface area contributed by atoms with Crippen LogP contribution in [0.1, 0.15) is 29.2 Å². The van der Waals surface area contributed by atoms with Gasteiger partial charge in [0.15, 0.2) is 0 Å². The maximum atomic E-state index is 11.3. The molecule has 0 spiro atoms. The van der Waals surface area contributed by atoms with Crippen LogP contribution < -0.4 is 0 Å². The minimum Gasteiger partial charge on any atom is -0.385 e. The van der Waals surface area contributed by atoms with Crippen molar-refractivity contribution in [2.24, 2.45) is 0 Å². The van der Waals surface area contributed by atoms with Crippen LogP contribution in [0, 0.1) is 13.8 Å². The lowest BCUT2D eigenvalue weighted by molar-refractivity contribution is 0.0580. The van der Waals surface area contributed by atoms with E-state index in [0.717, 1.165) is 11.1 Å². The molecule has 1 N–H and O–H groups in total. The van der Waals surface area contributed by atoms with Gasteiger partial charge >= 0.3 is 0 Å². The van der Waals surface area contributed by atoms with Crippen molar-refractivity contribution in [2.45, 2.75) is 32.8 Å². The van der Waals surface area contributed by atoms with Gasteiger partial charge in [0.25, 0.3) is 0 Å². The molecule has 122 valence electrons. The first-order valence-electron chi connectivity index (χ1n) is 8.41. The summed E-state index contributed by atoms with van der Waals surface area (Å²) >= 11 is 0. The van der Waals surface area contributed by atoms with Crippen molar-refractivity contribution in [3.05, 3.63) is 95.1 Å². The van der Waals surface area contributed by atoms with Gasteiger partial charge in [-0.2, -0.15) is 0 Å². The third kappa shape index (κ3) is 3.27. The topological polar surface area (TPSA) is 20.2 Å². The first kappa shape index (κ1) is 16.5. The van der Waals surface area contributed by atoms with E-state index >= 15 is 0 Å². The zero-order valence-electron chi connectivity index (χ0n) is 14.6. The van der Waals surface area contributed by atoms with Gasteiger partial charge in [0.1, 0.15) is 0 Å². The summed E-state index contributed by atoms with van der Waals surface area (Å²) in [5.74, 6) is 0. The number of aryl methyl sites for hydroxylation is 2. The van der Waals surface area contributed by atoms with Crippen molar-refractivity contribution in [3.63, 3.8) is 0 Å². The van der Waals surface area contributed by atoms with E-state index in [1.54, 1.807) is 0 Å². The third-order valence-corrected chi connectivity index (χ3v) is 4.74. The van der Waals surface area contributed by atoms with Gasteiger partial charge in [-0.15, -0.1) is 0 Å². The molecule has 24 heavy (non-hydrogen) atoms. The van der Waals surface area contributed by atoms with Crippen molar-refractivity contribution < 1.29 is 5.11 Å². The lowest BCUT2D eigenvalue weighted by atomic mass is 9.82. The summed E-state index contributed by atoms with van der Waals surface area (Å²) in [5, 5.41) is 11.3. The largest absolute Gasteiger partial charge is 0.385 e. The van der Waals surface area contributed by atoms with E-state index in [4.69, 9.17) is 0 Å². The smallest absolute Gasteiger partial charge is 0.0914 e. The maximum absolute atomic E-state index is 11.3. The summed E-state index contributed by atoms with van der Waals surface area (Å²) in [5.41, 5.74) is 5.95. The Labute approximate surface area is 144 Å². The molecule has 0 amide bonds. The van der Waals surface area contributed by atoms with Crippen LogP contribution in [-0.2, 0) is 12.0 Å². The van der Waals surface area contributed by atoms with E-state index in [2.05, 4.69) is 50.2 Å². The Morgan fingerprint density at radius 3 is 1.92 bits per heavy atom. The van der Waals surface area contributed by atoms with Crippen molar-refractivity contribution in [1.29, 1.82) is 0 Å². The molecule has 1 atom stereocenters. The highest BCUT2D eigenvalue weighted by Crippen LogP contribution is 2.35. The van der Waals surface area contributed by atoms with E-state index in [-0.39, 0.29) is 0 Å². The number of hydrogen-bond donors (Lipinski definition) is 1. The maximum Gasteiger partial charge on any atom is 0.0914 e. The van der Waals surface area contributed by atoms with Crippen molar-refractivity contribution in [2.75, 3.05) is 0 Å². The van der Waals surface area contributed by atoms with Gasteiger partial charge in [-0.3, -0.25) is 0 Å². The van der Waals surface area contributed by atoms with E-state index < -0.39 is 5.60 Å². The molecule has 0 bridgehead atoms. The van der Waals surface area contributed by atoms with E-state index in [1.807, 2.05) is 43.3 Å². The van der Waals surface area contributed by atoms with Gasteiger partial charge in [-0.1, -0.05) is 72.8 Å². The van der Waals surface area contributed by atoms with Crippen LogP contribution in [0.5, 0.6) is 0 Å². The Morgan fingerprint density at radius 2 is 1.25 bits per heavy atom. The number of hydrogen-bond acceptors (Lipinski definition) is 1. The molecule has 3 aromatic carbocycles. The van der Waals surface area contributed by atoms with Gasteiger partial charge < -0.3 is 5.11 Å². The molecule has 3 aromatic rings. The van der Waals surface area contributed by atoms with Crippen molar-refractivity contribution in [3.8, 4) is 11.1 Å². The van der Waals surface area contributed by atoms with Gasteiger partial charge in [-0.25, -0.2) is 0 Å². The summed E-state index contributed by atoms with van der Waals surface area (Å²) in [6.07, 6.45) is 0.600. The number of rotatable bonds is 4. The molecule has 3 rings (SSSR count). The van der Waals surface area contributed by atoms with Crippen molar-refractivity contribution >= 4 is 0 Å². The second-order valence-corrected chi connectivity index (χ2v) is 6.74. The molecule has 0 aliphatic heterocycles. The summed E-state index contributed by atoms with van der Waals surface area (Å²) in [4.78, 5) is 0. The molecule has 0 aliphatic carbocycles. The fraction of sp³-hybridized carbons (Fsp3) is 0.217. The average Bonchev–Trinajstić information content (AvgIpc) is 2.57. The Bertz CT molecular complexity index is 846. The number of benzene rings is 3. The Hall–Kier alpha value is -2.38. The van der Waals surface area contributed by atoms with E-state index in [1.165, 1.54) is 22.3 Å². The SMILES string of the molecule is Cc1ccccc1C[C@](C)(O)c1ccccc1-c1ccccc1C. The van der Waals surface area contributed by atoms with Crippen molar-refractivity contribution in [1.82, 2.24) is 0 Å². The first-order chi connectivity index (χ1) is 11.5. The van der Waals surface area contributed by atoms with Crippen LogP contribution in [0.2, 0.25) is 0 Å². The molecular formula is C23H24O. The molecule has 1 heteroatoms. The quantitative estimate of drug-likeness (QED) is 0.681. The van der Waals surface area contributed by atoms with Crippen LogP contribution in [0.25, 0.3) is 11.1 Å². The lowest BCUT2D eigenvalue weighted by Crippen LogP contribution is -2.25. The predicted molar refractivity (Wildman–Crippen MR) is 101 cm³/mol. The third-order valence-electron chi connectivity index (χ3n) is 4.74. The zero-order valence-corrected chi connectivity index (χ0v) is 14.6. The minimum absolute atomic E-state index is 0.600. The molecule has 1 nitrogen and oxygen atoms in total. The molecule has 0 heterocycles. The Kier molecular flexibility index (Phi) is 4.55. The fourth-order valence-corrected chi connectivity index (χ4v) is 3.34. The average molecular weight is 316 g/mol. The van der Waals surface area contributed by atoms with Crippen LogP contribution in [0.15, 0.2) is 72.8 Å². The molecule has 0 unspecified atom stereocenters. The minimum atomic E-state index is -0.926. The normalized spacial score (nSPS) is 13.5. The van der Waals surface area contributed by atoms with Gasteiger partial charge in [0, 0.05) is 6.42 Å². The highest BCUT2D eigenvalue weighted by atomic mass is 16.3. The zero-order chi connectivity index (χ0) is 17.2. The van der Waals surface area contributed by atoms with Crippen LogP contribution >= 0.6 is 0 Å². The summed E-state index contributed by atoms with van der Waals surface area (Å²) < 4.78 is 0. The molecule has 0 saturated carbocycles. The van der Waals surface area contributed by atoms with Gasteiger partial charge in [0.2, 0.25) is 0 Å². The van der Waals surface area contributed by atoms with Gasteiger partial charge in [0.05, 0.1) is 5.60 Å². The van der Waals surface area contributed by atoms with Crippen LogP contribution in [-0.4, -0.2) is 5.11 Å². The highest BCUT2D eigenvalue weighted by molar-refractivity contribution is 5.71. The number of aliphatic hydroxyl groups is 1. The standard InChI is InChI=1S/C23H24O/c1-17-10-4-6-12-19(17)16-23(3,24)22-15-9-8-14-21(22)20-13-7-5-11-18(20)2/h4-15,24H,16H2,1-3H3/t23-/m0/s1. The summed E-state index contributed by atoms with van der Waals surface area (Å²) in [6.45, 7) is 6.12. The fourth-order valence-electron chi connectivity index (χ4n) is 3.34. The monoisotopic (exact) mass is 316 g/mol. The molecular weight excluding hydrogens is 292 g/mol. The van der Waals surface area contributed by atoms with E-state index in [9.17, 15) is 5.11 Å². The van der Waals surface area contributed by atoms with E-state index in [0.29, 0.717) is 6.42 Å². The predicted octanol–water partition coefficient (Wildman–Crippen LogP) is 5.42. The lowest BCUT2D eigenvalue weighted by Gasteiger charge is -2.28. The van der Waals surface area contributed by atoms with Crippen LogP contribution in [0.4, 0.5) is 0 Å². The Morgan fingerprint density at radius 1 is 0.708 bits per heavy atom.